The smallest absolute Gasteiger partial charge is 0.265 e. The predicted molar refractivity (Wildman–Crippen MR) is 97.8 cm³/mol. The van der Waals surface area contributed by atoms with Crippen LogP contribution in [-0.2, 0) is 16.0 Å². The highest BCUT2D eigenvalue weighted by Crippen LogP contribution is 2.34. The second-order valence-corrected chi connectivity index (χ2v) is 6.26. The largest absolute Gasteiger partial charge is 0.481 e. The van der Waals surface area contributed by atoms with Gasteiger partial charge in [0.2, 0.25) is 5.91 Å². The van der Waals surface area contributed by atoms with Crippen molar-refractivity contribution in [1.82, 2.24) is 0 Å². The number of ether oxygens (including phenoxy) is 1. The lowest BCUT2D eigenvalue weighted by Gasteiger charge is -2.29. The molecule has 0 aromatic heterocycles. The number of hydrogen-bond donors (Lipinski definition) is 1. The van der Waals surface area contributed by atoms with Crippen LogP contribution in [0.4, 0.5) is 15.8 Å². The van der Waals surface area contributed by atoms with Crippen LogP contribution >= 0.6 is 0 Å². The van der Waals surface area contributed by atoms with Crippen LogP contribution in [0.15, 0.2) is 54.6 Å². The first kappa shape index (κ1) is 17.7. The van der Waals surface area contributed by atoms with Gasteiger partial charge in [0.1, 0.15) is 11.6 Å². The number of hydrogen-bond acceptors (Lipinski definition) is 3. The van der Waals surface area contributed by atoms with E-state index < -0.39 is 0 Å². The molecule has 134 valence electrons. The number of amides is 2. The van der Waals surface area contributed by atoms with E-state index in [-0.39, 0.29) is 30.7 Å². The number of carbonyl (C=O) groups excluding carboxylic acids is 2. The Bertz CT molecular complexity index is 862. The van der Waals surface area contributed by atoms with E-state index in [1.54, 1.807) is 35.2 Å². The molecular formula is C20H19FN2O3. The Balaban J connectivity index is 1.72. The van der Waals surface area contributed by atoms with Crippen molar-refractivity contribution < 1.29 is 18.7 Å². The number of fused-ring (bicyclic) bond motifs is 1. The zero-order chi connectivity index (χ0) is 18.7. The van der Waals surface area contributed by atoms with Gasteiger partial charge in [0.25, 0.3) is 5.91 Å². The Morgan fingerprint density at radius 2 is 2.00 bits per heavy atom. The molecule has 0 aliphatic carbocycles. The Hall–Kier alpha value is -3.15. The van der Waals surface area contributed by atoms with Crippen molar-refractivity contribution in [3.63, 3.8) is 0 Å². The molecule has 0 unspecified atom stereocenters. The molecule has 1 aliphatic rings. The zero-order valence-electron chi connectivity index (χ0n) is 14.4. The minimum absolute atomic E-state index is 0.0484. The van der Waals surface area contributed by atoms with Gasteiger partial charge in [0, 0.05) is 18.3 Å². The number of rotatable bonds is 5. The van der Waals surface area contributed by atoms with Crippen LogP contribution in [0.5, 0.6) is 5.75 Å². The summed E-state index contributed by atoms with van der Waals surface area (Å²) >= 11 is 0. The van der Waals surface area contributed by atoms with E-state index in [4.69, 9.17) is 4.74 Å². The quantitative estimate of drug-likeness (QED) is 0.838. The molecule has 26 heavy (non-hydrogen) atoms. The fraction of sp³-hybridized carbons (Fsp3) is 0.200. The van der Waals surface area contributed by atoms with Crippen LogP contribution in [0.2, 0.25) is 0 Å². The summed E-state index contributed by atoms with van der Waals surface area (Å²) in [6, 6.07) is 10.9. The number of carbonyl (C=O) groups is 2. The van der Waals surface area contributed by atoms with Crippen molar-refractivity contribution in [2.45, 2.75) is 13.3 Å². The molecule has 0 radical (unpaired) electrons. The second-order valence-electron chi connectivity index (χ2n) is 6.26. The van der Waals surface area contributed by atoms with Crippen LogP contribution in [0.3, 0.4) is 0 Å². The third-order valence-electron chi connectivity index (χ3n) is 3.89. The third-order valence-corrected chi connectivity index (χ3v) is 3.89. The summed E-state index contributed by atoms with van der Waals surface area (Å²) < 4.78 is 18.4. The third kappa shape index (κ3) is 4.08. The van der Waals surface area contributed by atoms with Crippen LogP contribution in [0, 0.1) is 5.82 Å². The first-order chi connectivity index (χ1) is 12.4. The molecule has 0 saturated carbocycles. The van der Waals surface area contributed by atoms with Crippen molar-refractivity contribution in [2.75, 3.05) is 23.4 Å². The summed E-state index contributed by atoms with van der Waals surface area (Å²) in [7, 11) is 0. The van der Waals surface area contributed by atoms with E-state index >= 15 is 0 Å². The molecule has 1 heterocycles. The summed E-state index contributed by atoms with van der Waals surface area (Å²) in [5, 5.41) is 2.79. The SMILES string of the molecule is C=C(C)CN1C(=O)COc2cc(NC(=O)Cc3ccc(F)cc3)ccc21. The van der Waals surface area contributed by atoms with E-state index in [0.717, 1.165) is 11.1 Å². The maximum atomic E-state index is 12.9. The number of nitrogens with zero attached hydrogens (tertiary/aromatic N) is 1. The Morgan fingerprint density at radius 3 is 2.69 bits per heavy atom. The lowest BCUT2D eigenvalue weighted by molar-refractivity contribution is -0.121. The average molecular weight is 354 g/mol. The standard InChI is InChI=1S/C20H19FN2O3/c1-13(2)11-23-17-8-7-16(10-18(17)26-12-20(23)25)22-19(24)9-14-3-5-15(21)6-4-14/h3-8,10H,1,9,11-12H2,2H3,(H,22,24). The number of benzene rings is 2. The summed E-state index contributed by atoms with van der Waals surface area (Å²) in [5.74, 6) is -0.156. The molecule has 5 nitrogen and oxygen atoms in total. The number of halogens is 1. The van der Waals surface area contributed by atoms with Gasteiger partial charge < -0.3 is 15.0 Å². The van der Waals surface area contributed by atoms with Gasteiger partial charge in [0.15, 0.2) is 6.61 Å². The fourth-order valence-corrected chi connectivity index (χ4v) is 2.72. The van der Waals surface area contributed by atoms with Crippen LogP contribution in [-0.4, -0.2) is 25.0 Å². The molecule has 3 rings (SSSR count). The maximum absolute atomic E-state index is 12.9. The molecule has 2 aromatic carbocycles. The van der Waals surface area contributed by atoms with Gasteiger partial charge in [-0.3, -0.25) is 9.59 Å². The van der Waals surface area contributed by atoms with Crippen molar-refractivity contribution in [3.8, 4) is 5.75 Å². The molecule has 1 N–H and O–H groups in total. The lowest BCUT2D eigenvalue weighted by Crippen LogP contribution is -2.39. The molecule has 2 aromatic rings. The first-order valence-electron chi connectivity index (χ1n) is 8.18. The second kappa shape index (κ2) is 7.39. The lowest BCUT2D eigenvalue weighted by atomic mass is 10.1. The van der Waals surface area contributed by atoms with E-state index in [1.165, 1.54) is 12.1 Å². The average Bonchev–Trinajstić information content (AvgIpc) is 2.59. The highest BCUT2D eigenvalue weighted by atomic mass is 19.1. The minimum atomic E-state index is -0.338. The van der Waals surface area contributed by atoms with Gasteiger partial charge in [-0.15, -0.1) is 0 Å². The van der Waals surface area contributed by atoms with Crippen LogP contribution in [0.1, 0.15) is 12.5 Å². The van der Waals surface area contributed by atoms with Crippen molar-refractivity contribution in [1.29, 1.82) is 0 Å². The number of nitrogens with one attached hydrogen (secondary N) is 1. The van der Waals surface area contributed by atoms with E-state index in [0.29, 0.717) is 23.7 Å². The highest BCUT2D eigenvalue weighted by molar-refractivity contribution is 5.99. The Labute approximate surface area is 151 Å². The highest BCUT2D eigenvalue weighted by Gasteiger charge is 2.25. The zero-order valence-corrected chi connectivity index (χ0v) is 14.4. The van der Waals surface area contributed by atoms with Gasteiger partial charge >= 0.3 is 0 Å². The summed E-state index contributed by atoms with van der Waals surface area (Å²) in [5.41, 5.74) is 2.81. The topological polar surface area (TPSA) is 58.6 Å². The monoisotopic (exact) mass is 354 g/mol. The van der Waals surface area contributed by atoms with Crippen LogP contribution < -0.4 is 15.0 Å². The summed E-state index contributed by atoms with van der Waals surface area (Å²) in [6.45, 7) is 6.07. The molecule has 0 bridgehead atoms. The minimum Gasteiger partial charge on any atom is -0.481 e. The summed E-state index contributed by atoms with van der Waals surface area (Å²) in [4.78, 5) is 25.8. The molecule has 0 saturated heterocycles. The van der Waals surface area contributed by atoms with Crippen molar-refractivity contribution in [3.05, 3.63) is 66.0 Å². The van der Waals surface area contributed by atoms with Crippen molar-refractivity contribution >= 4 is 23.2 Å². The van der Waals surface area contributed by atoms with E-state index in [9.17, 15) is 14.0 Å². The van der Waals surface area contributed by atoms with Gasteiger partial charge in [0.05, 0.1) is 12.1 Å². The molecule has 0 atom stereocenters. The Kier molecular flexibility index (Phi) is 5.02. The van der Waals surface area contributed by atoms with Gasteiger partial charge in [-0.2, -0.15) is 0 Å². The normalized spacial score (nSPS) is 13.0. The molecule has 0 fully saturated rings. The fourth-order valence-electron chi connectivity index (χ4n) is 2.72. The number of anilines is 2. The Morgan fingerprint density at radius 1 is 1.27 bits per heavy atom. The van der Waals surface area contributed by atoms with Gasteiger partial charge in [-0.1, -0.05) is 24.3 Å². The molecule has 6 heteroatoms. The summed E-state index contributed by atoms with van der Waals surface area (Å²) in [6.07, 6.45) is 0.137. The van der Waals surface area contributed by atoms with Gasteiger partial charge in [-0.05, 0) is 36.8 Å². The molecule has 0 spiro atoms. The van der Waals surface area contributed by atoms with Crippen LogP contribution in [0.25, 0.3) is 0 Å². The predicted octanol–water partition coefficient (Wildman–Crippen LogP) is 3.31. The van der Waals surface area contributed by atoms with Gasteiger partial charge in [-0.25, -0.2) is 4.39 Å². The van der Waals surface area contributed by atoms with Crippen molar-refractivity contribution in [2.24, 2.45) is 0 Å². The molecule has 1 aliphatic heterocycles. The van der Waals surface area contributed by atoms with E-state index in [2.05, 4.69) is 11.9 Å². The molecule has 2 amide bonds. The maximum Gasteiger partial charge on any atom is 0.265 e. The first-order valence-corrected chi connectivity index (χ1v) is 8.18. The van der Waals surface area contributed by atoms with E-state index in [1.807, 2.05) is 6.92 Å². The molecular weight excluding hydrogens is 335 g/mol.